The molecule has 0 N–H and O–H groups in total. The molecule has 1 spiro atoms. The number of morpholine rings is 1. The highest BCUT2D eigenvalue weighted by atomic mass is 16.5. The maximum absolute atomic E-state index is 13.1. The molecule has 1 amide bonds. The van der Waals surface area contributed by atoms with Gasteiger partial charge in [0.25, 0.3) is 5.91 Å². The Morgan fingerprint density at radius 3 is 2.79 bits per heavy atom. The van der Waals surface area contributed by atoms with Crippen molar-refractivity contribution >= 4 is 5.91 Å². The average Bonchev–Trinajstić information content (AvgIpc) is 3.27. The summed E-state index contributed by atoms with van der Waals surface area (Å²) in [6.07, 6.45) is 4.48. The monoisotopic (exact) mass is 327 g/mol. The first kappa shape index (κ1) is 15.4. The van der Waals surface area contributed by atoms with Gasteiger partial charge in [0.2, 0.25) is 0 Å². The van der Waals surface area contributed by atoms with Crippen molar-refractivity contribution in [1.29, 1.82) is 0 Å². The van der Waals surface area contributed by atoms with Crippen LogP contribution in [0.4, 0.5) is 0 Å². The van der Waals surface area contributed by atoms with Crippen molar-refractivity contribution in [3.63, 3.8) is 0 Å². The lowest BCUT2D eigenvalue weighted by Gasteiger charge is -2.43. The highest BCUT2D eigenvalue weighted by molar-refractivity contribution is 5.95. The number of nitrogens with zero attached hydrogens (tertiary/aromatic N) is 3. The zero-order valence-electron chi connectivity index (χ0n) is 13.8. The van der Waals surface area contributed by atoms with Gasteiger partial charge in [-0.15, -0.1) is 0 Å². The van der Waals surface area contributed by atoms with Crippen LogP contribution in [0.25, 0.3) is 5.69 Å². The Bertz CT molecular complexity index is 736. The summed E-state index contributed by atoms with van der Waals surface area (Å²) >= 11 is 0. The third kappa shape index (κ3) is 2.52. The van der Waals surface area contributed by atoms with Gasteiger partial charge in [-0.1, -0.05) is 0 Å². The lowest BCUT2D eigenvalue weighted by Crippen LogP contribution is -2.59. The van der Waals surface area contributed by atoms with Gasteiger partial charge in [-0.3, -0.25) is 4.79 Å². The normalized spacial score (nSPS) is 23.8. The number of hydrogen-bond donors (Lipinski definition) is 0. The van der Waals surface area contributed by atoms with E-state index in [1.807, 2.05) is 47.0 Å². The fraction of sp³-hybridized carbons (Fsp3) is 0.444. The van der Waals surface area contributed by atoms with E-state index in [0.717, 1.165) is 17.7 Å². The van der Waals surface area contributed by atoms with E-state index in [2.05, 4.69) is 5.10 Å². The molecule has 24 heavy (non-hydrogen) atoms. The van der Waals surface area contributed by atoms with Gasteiger partial charge in [-0.25, -0.2) is 4.68 Å². The van der Waals surface area contributed by atoms with Gasteiger partial charge in [0, 0.05) is 31.1 Å². The molecule has 3 heterocycles. The van der Waals surface area contributed by atoms with Gasteiger partial charge in [-0.2, -0.15) is 5.10 Å². The van der Waals surface area contributed by atoms with Crippen LogP contribution >= 0.6 is 0 Å². The Morgan fingerprint density at radius 2 is 2.08 bits per heavy atom. The maximum Gasteiger partial charge on any atom is 0.254 e. The Labute approximate surface area is 141 Å². The molecule has 2 saturated heterocycles. The molecule has 0 bridgehead atoms. The third-order valence-electron chi connectivity index (χ3n) is 4.93. The van der Waals surface area contributed by atoms with Gasteiger partial charge in [0.1, 0.15) is 0 Å². The first-order valence-corrected chi connectivity index (χ1v) is 8.28. The van der Waals surface area contributed by atoms with E-state index in [1.165, 1.54) is 0 Å². The van der Waals surface area contributed by atoms with Crippen LogP contribution in [0.2, 0.25) is 0 Å². The van der Waals surface area contributed by atoms with Crippen molar-refractivity contribution in [2.24, 2.45) is 0 Å². The third-order valence-corrected chi connectivity index (χ3v) is 4.93. The zero-order valence-corrected chi connectivity index (χ0v) is 13.8. The van der Waals surface area contributed by atoms with Crippen LogP contribution in [-0.4, -0.2) is 59.1 Å². The van der Waals surface area contributed by atoms with E-state index < -0.39 is 0 Å². The summed E-state index contributed by atoms with van der Waals surface area (Å²) in [4.78, 5) is 15.1. The van der Waals surface area contributed by atoms with E-state index in [4.69, 9.17) is 9.47 Å². The summed E-state index contributed by atoms with van der Waals surface area (Å²) in [7, 11) is 0. The second-order valence-electron chi connectivity index (χ2n) is 6.49. The smallest absolute Gasteiger partial charge is 0.254 e. The van der Waals surface area contributed by atoms with Crippen molar-refractivity contribution < 1.29 is 14.3 Å². The number of rotatable bonds is 2. The minimum atomic E-state index is -0.302. The molecule has 1 aromatic heterocycles. The number of amides is 1. The second-order valence-corrected chi connectivity index (χ2v) is 6.49. The van der Waals surface area contributed by atoms with Gasteiger partial charge >= 0.3 is 0 Å². The lowest BCUT2D eigenvalue weighted by molar-refractivity contribution is -0.0551. The van der Waals surface area contributed by atoms with Crippen molar-refractivity contribution in [3.05, 3.63) is 47.8 Å². The molecule has 2 fully saturated rings. The molecule has 2 aliphatic rings. The van der Waals surface area contributed by atoms with Gasteiger partial charge in [0.15, 0.2) is 0 Å². The predicted octanol–water partition coefficient (Wildman–Crippen LogP) is 1.81. The molecule has 0 radical (unpaired) electrons. The summed E-state index contributed by atoms with van der Waals surface area (Å²) in [5.74, 6) is 0.0546. The quantitative estimate of drug-likeness (QED) is 0.844. The highest BCUT2D eigenvalue weighted by Gasteiger charge is 2.45. The standard InChI is InChI=1S/C18H21N3O3/c1-14-11-15(3-4-16(14)21-7-2-6-19-21)17(22)20-8-10-24-13-18(20)5-9-23-12-18/h2-4,6-7,11H,5,8-10,12-13H2,1H3/t18-/m1/s1. The van der Waals surface area contributed by atoms with E-state index in [9.17, 15) is 4.79 Å². The van der Waals surface area contributed by atoms with Gasteiger partial charge < -0.3 is 14.4 Å². The number of carbonyl (C=O) groups excluding carboxylic acids is 1. The van der Waals surface area contributed by atoms with Crippen molar-refractivity contribution in [3.8, 4) is 5.69 Å². The minimum Gasteiger partial charge on any atom is -0.379 e. The van der Waals surface area contributed by atoms with E-state index in [1.54, 1.807) is 6.20 Å². The van der Waals surface area contributed by atoms with E-state index >= 15 is 0 Å². The Kier molecular flexibility index (Phi) is 3.86. The molecule has 1 aromatic carbocycles. The Morgan fingerprint density at radius 1 is 1.25 bits per heavy atom. The first-order chi connectivity index (χ1) is 11.7. The second kappa shape index (κ2) is 6.03. The van der Waals surface area contributed by atoms with E-state index in [0.29, 0.717) is 38.5 Å². The average molecular weight is 327 g/mol. The molecule has 2 aromatic rings. The molecule has 2 aliphatic heterocycles. The Hall–Kier alpha value is -2.18. The summed E-state index contributed by atoms with van der Waals surface area (Å²) in [6.45, 7) is 5.00. The van der Waals surface area contributed by atoms with Crippen LogP contribution in [0.15, 0.2) is 36.7 Å². The minimum absolute atomic E-state index is 0.0546. The van der Waals surface area contributed by atoms with Crippen molar-refractivity contribution in [2.45, 2.75) is 18.9 Å². The van der Waals surface area contributed by atoms with Gasteiger partial charge in [0.05, 0.1) is 31.0 Å². The number of aromatic nitrogens is 2. The first-order valence-electron chi connectivity index (χ1n) is 8.28. The number of ether oxygens (including phenoxy) is 2. The SMILES string of the molecule is Cc1cc(C(=O)N2CCOC[C@]23CCOC3)ccc1-n1cccn1. The fourth-order valence-electron chi connectivity index (χ4n) is 3.59. The molecular weight excluding hydrogens is 306 g/mol. The van der Waals surface area contributed by atoms with Crippen LogP contribution < -0.4 is 0 Å². The largest absolute Gasteiger partial charge is 0.379 e. The maximum atomic E-state index is 13.1. The molecular formula is C18H21N3O3. The summed E-state index contributed by atoms with van der Waals surface area (Å²) in [5.41, 5.74) is 2.41. The molecule has 0 aliphatic carbocycles. The van der Waals surface area contributed by atoms with Crippen molar-refractivity contribution in [1.82, 2.24) is 14.7 Å². The van der Waals surface area contributed by atoms with Crippen LogP contribution in [0.5, 0.6) is 0 Å². The lowest BCUT2D eigenvalue weighted by atomic mass is 9.94. The van der Waals surface area contributed by atoms with Crippen LogP contribution in [0.3, 0.4) is 0 Å². The molecule has 126 valence electrons. The molecule has 6 nitrogen and oxygen atoms in total. The topological polar surface area (TPSA) is 56.6 Å². The number of aryl methyl sites for hydroxylation is 1. The van der Waals surface area contributed by atoms with Crippen molar-refractivity contribution in [2.75, 3.05) is 33.0 Å². The van der Waals surface area contributed by atoms with Crippen LogP contribution in [0.1, 0.15) is 22.3 Å². The summed E-state index contributed by atoms with van der Waals surface area (Å²) in [5, 5.41) is 4.26. The van der Waals surface area contributed by atoms with Crippen LogP contribution in [-0.2, 0) is 9.47 Å². The molecule has 6 heteroatoms. The number of carbonyl (C=O) groups is 1. The fourth-order valence-corrected chi connectivity index (χ4v) is 3.59. The highest BCUT2D eigenvalue weighted by Crippen LogP contribution is 2.31. The van der Waals surface area contributed by atoms with E-state index in [-0.39, 0.29) is 11.4 Å². The molecule has 1 atom stereocenters. The Balaban J connectivity index is 1.63. The molecule has 0 saturated carbocycles. The zero-order chi connectivity index (χ0) is 16.6. The summed E-state index contributed by atoms with van der Waals surface area (Å²) in [6, 6.07) is 7.66. The molecule has 4 rings (SSSR count). The van der Waals surface area contributed by atoms with Crippen LogP contribution in [0, 0.1) is 6.92 Å². The number of hydrogen-bond acceptors (Lipinski definition) is 4. The predicted molar refractivity (Wildman–Crippen MR) is 88.3 cm³/mol. The number of benzene rings is 1. The van der Waals surface area contributed by atoms with Gasteiger partial charge in [-0.05, 0) is 43.2 Å². The summed E-state index contributed by atoms with van der Waals surface area (Å²) < 4.78 is 13.0. The molecule has 0 unspecified atom stereocenters.